The fourth-order valence-electron chi connectivity index (χ4n) is 1.55. The molecule has 1 unspecified atom stereocenters. The molecule has 1 atom stereocenters. The van der Waals surface area contributed by atoms with Gasteiger partial charge in [0, 0.05) is 11.8 Å². The number of carboxylic acid groups (broad SMARTS) is 1. The first-order valence-electron chi connectivity index (χ1n) is 5.28. The van der Waals surface area contributed by atoms with Crippen LogP contribution in [0.2, 0.25) is 0 Å². The number of carboxylic acids is 1. The van der Waals surface area contributed by atoms with E-state index in [-0.39, 0.29) is 0 Å². The van der Waals surface area contributed by atoms with Crippen LogP contribution in [-0.2, 0) is 4.79 Å². The number of carbonyl (C=O) groups is 1. The molecule has 0 amide bonds. The van der Waals surface area contributed by atoms with Crippen LogP contribution in [0.25, 0.3) is 5.78 Å². The molecule has 0 saturated heterocycles. The molecule has 2 N–H and O–H groups in total. The van der Waals surface area contributed by atoms with Gasteiger partial charge in [-0.2, -0.15) is 14.6 Å². The van der Waals surface area contributed by atoms with Gasteiger partial charge in [-0.05, 0) is 13.3 Å². The summed E-state index contributed by atoms with van der Waals surface area (Å²) >= 11 is 0. The van der Waals surface area contributed by atoms with Gasteiger partial charge in [-0.25, -0.2) is 9.78 Å². The van der Waals surface area contributed by atoms with Gasteiger partial charge in [0.2, 0.25) is 0 Å². The molecule has 2 rings (SSSR count). The summed E-state index contributed by atoms with van der Waals surface area (Å²) in [5.41, 5.74) is 0.758. The average Bonchev–Trinajstić information content (AvgIpc) is 2.72. The van der Waals surface area contributed by atoms with Gasteiger partial charge >= 0.3 is 5.97 Å². The molecule has 0 aliphatic rings. The third kappa shape index (κ3) is 2.17. The summed E-state index contributed by atoms with van der Waals surface area (Å²) in [6.45, 7) is 3.62. The van der Waals surface area contributed by atoms with Crippen molar-refractivity contribution in [3.63, 3.8) is 0 Å². The largest absolute Gasteiger partial charge is 0.480 e. The minimum absolute atomic E-state index is 0.452. The van der Waals surface area contributed by atoms with Gasteiger partial charge in [-0.15, -0.1) is 0 Å². The van der Waals surface area contributed by atoms with Crippen LogP contribution < -0.4 is 5.32 Å². The monoisotopic (exact) mass is 235 g/mol. The molecule has 0 radical (unpaired) electrons. The standard InChI is InChI=1S/C10H13N5O2/c1-3-7(9(16)17)14-8-4-6(2)13-10-11-5-12-15(8)10/h4-5,7,14H,3H2,1-2H3,(H,16,17). The molecule has 0 aliphatic carbocycles. The van der Waals surface area contributed by atoms with Crippen LogP contribution in [0, 0.1) is 6.92 Å². The van der Waals surface area contributed by atoms with E-state index in [2.05, 4.69) is 20.4 Å². The maximum absolute atomic E-state index is 11.0. The van der Waals surface area contributed by atoms with Crippen molar-refractivity contribution >= 4 is 17.6 Å². The van der Waals surface area contributed by atoms with E-state index in [4.69, 9.17) is 5.11 Å². The first-order valence-corrected chi connectivity index (χ1v) is 5.28. The quantitative estimate of drug-likeness (QED) is 0.810. The summed E-state index contributed by atoms with van der Waals surface area (Å²) in [4.78, 5) is 19.1. The number of rotatable bonds is 4. The molecule has 0 fully saturated rings. The predicted molar refractivity (Wildman–Crippen MR) is 60.9 cm³/mol. The molecule has 0 aromatic carbocycles. The maximum atomic E-state index is 11.0. The van der Waals surface area contributed by atoms with Crippen LogP contribution in [-0.4, -0.2) is 36.7 Å². The molecule has 0 spiro atoms. The number of anilines is 1. The van der Waals surface area contributed by atoms with E-state index in [1.54, 1.807) is 13.0 Å². The van der Waals surface area contributed by atoms with Crippen molar-refractivity contribution in [1.82, 2.24) is 19.6 Å². The number of nitrogens with zero attached hydrogens (tertiary/aromatic N) is 4. The lowest BCUT2D eigenvalue weighted by molar-refractivity contribution is -0.137. The number of aliphatic carboxylic acids is 1. The van der Waals surface area contributed by atoms with Crippen molar-refractivity contribution in [2.75, 3.05) is 5.32 Å². The molecule has 2 aromatic rings. The third-order valence-corrected chi connectivity index (χ3v) is 2.41. The Morgan fingerprint density at radius 2 is 2.41 bits per heavy atom. The second-order valence-electron chi connectivity index (χ2n) is 3.70. The van der Waals surface area contributed by atoms with Gasteiger partial charge in [0.25, 0.3) is 5.78 Å². The van der Waals surface area contributed by atoms with Crippen LogP contribution in [0.5, 0.6) is 0 Å². The highest BCUT2D eigenvalue weighted by molar-refractivity contribution is 5.76. The Morgan fingerprint density at radius 3 is 3.06 bits per heavy atom. The molecule has 7 nitrogen and oxygen atoms in total. The van der Waals surface area contributed by atoms with E-state index in [1.165, 1.54) is 10.8 Å². The number of aryl methyl sites for hydroxylation is 1. The number of nitrogens with one attached hydrogen (secondary N) is 1. The number of aromatic nitrogens is 4. The molecule has 0 aliphatic heterocycles. The van der Waals surface area contributed by atoms with Crippen molar-refractivity contribution in [3.8, 4) is 0 Å². The number of fused-ring (bicyclic) bond motifs is 1. The summed E-state index contributed by atoms with van der Waals surface area (Å²) in [7, 11) is 0. The molecular formula is C10H13N5O2. The smallest absolute Gasteiger partial charge is 0.326 e. The Labute approximate surface area is 97.5 Å². The zero-order valence-corrected chi connectivity index (χ0v) is 9.58. The molecular weight excluding hydrogens is 222 g/mol. The molecule has 90 valence electrons. The van der Waals surface area contributed by atoms with E-state index >= 15 is 0 Å². The maximum Gasteiger partial charge on any atom is 0.326 e. The summed E-state index contributed by atoms with van der Waals surface area (Å²) in [6.07, 6.45) is 1.86. The third-order valence-electron chi connectivity index (χ3n) is 2.41. The first kappa shape index (κ1) is 11.3. The predicted octanol–water partition coefficient (Wildman–Crippen LogP) is 0.708. The highest BCUT2D eigenvalue weighted by Crippen LogP contribution is 2.12. The van der Waals surface area contributed by atoms with E-state index in [0.717, 1.165) is 5.69 Å². The highest BCUT2D eigenvalue weighted by Gasteiger charge is 2.16. The zero-order valence-electron chi connectivity index (χ0n) is 9.58. The lowest BCUT2D eigenvalue weighted by Gasteiger charge is -2.14. The Hall–Kier alpha value is -2.18. The summed E-state index contributed by atoms with van der Waals surface area (Å²) in [5, 5.41) is 15.9. The van der Waals surface area contributed by atoms with Gasteiger partial charge in [0.15, 0.2) is 0 Å². The summed E-state index contributed by atoms with van der Waals surface area (Å²) < 4.78 is 1.48. The van der Waals surface area contributed by atoms with Gasteiger partial charge < -0.3 is 10.4 Å². The Kier molecular flexibility index (Phi) is 2.90. The second-order valence-corrected chi connectivity index (χ2v) is 3.70. The number of hydrogen-bond acceptors (Lipinski definition) is 5. The minimum Gasteiger partial charge on any atom is -0.480 e. The van der Waals surface area contributed by atoms with Crippen LogP contribution in [0.4, 0.5) is 5.82 Å². The first-order chi connectivity index (χ1) is 8.11. The highest BCUT2D eigenvalue weighted by atomic mass is 16.4. The second kappa shape index (κ2) is 4.36. The Morgan fingerprint density at radius 1 is 1.65 bits per heavy atom. The summed E-state index contributed by atoms with van der Waals surface area (Å²) in [5.74, 6) is 0.141. The zero-order chi connectivity index (χ0) is 12.4. The van der Waals surface area contributed by atoms with E-state index in [1.807, 2.05) is 6.92 Å². The Bertz CT molecular complexity index is 551. The van der Waals surface area contributed by atoms with E-state index in [9.17, 15) is 4.79 Å². The molecule has 2 aromatic heterocycles. The van der Waals surface area contributed by atoms with Crippen molar-refractivity contribution in [2.24, 2.45) is 0 Å². The lowest BCUT2D eigenvalue weighted by atomic mass is 10.2. The molecule has 2 heterocycles. The van der Waals surface area contributed by atoms with Crippen molar-refractivity contribution < 1.29 is 9.90 Å². The topological polar surface area (TPSA) is 92.4 Å². The van der Waals surface area contributed by atoms with Gasteiger partial charge in [0.05, 0.1) is 0 Å². The molecule has 7 heteroatoms. The van der Waals surface area contributed by atoms with Crippen molar-refractivity contribution in [2.45, 2.75) is 26.3 Å². The van der Waals surface area contributed by atoms with Crippen LogP contribution >= 0.6 is 0 Å². The minimum atomic E-state index is -0.893. The Balaban J connectivity index is 2.40. The normalized spacial score (nSPS) is 12.6. The van der Waals surface area contributed by atoms with Crippen molar-refractivity contribution in [1.29, 1.82) is 0 Å². The van der Waals surface area contributed by atoms with E-state index in [0.29, 0.717) is 18.0 Å². The average molecular weight is 235 g/mol. The van der Waals surface area contributed by atoms with E-state index < -0.39 is 12.0 Å². The summed E-state index contributed by atoms with van der Waals surface area (Å²) in [6, 6.07) is 1.09. The van der Waals surface area contributed by atoms with Crippen molar-refractivity contribution in [3.05, 3.63) is 18.1 Å². The molecule has 17 heavy (non-hydrogen) atoms. The van der Waals surface area contributed by atoms with Gasteiger partial charge in [0.1, 0.15) is 18.2 Å². The van der Waals surface area contributed by atoms with Crippen LogP contribution in [0.15, 0.2) is 12.4 Å². The van der Waals surface area contributed by atoms with Gasteiger partial charge in [-0.1, -0.05) is 6.92 Å². The number of hydrogen-bond donors (Lipinski definition) is 2. The fourth-order valence-corrected chi connectivity index (χ4v) is 1.55. The molecule has 0 saturated carbocycles. The van der Waals surface area contributed by atoms with Crippen LogP contribution in [0.1, 0.15) is 19.0 Å². The fraction of sp³-hybridized carbons (Fsp3) is 0.400. The lowest BCUT2D eigenvalue weighted by Crippen LogP contribution is -2.29. The SMILES string of the molecule is CCC(Nc1cc(C)nc2ncnn12)C(=O)O. The molecule has 0 bridgehead atoms. The van der Waals surface area contributed by atoms with Gasteiger partial charge in [-0.3, -0.25) is 0 Å². The van der Waals surface area contributed by atoms with Crippen LogP contribution in [0.3, 0.4) is 0 Å².